The van der Waals surface area contributed by atoms with Gasteiger partial charge in [0.1, 0.15) is 5.84 Å². The Kier molecular flexibility index (Phi) is 3.36. The summed E-state index contributed by atoms with van der Waals surface area (Å²) >= 11 is 0. The van der Waals surface area contributed by atoms with Crippen LogP contribution in [-0.2, 0) is 0 Å². The average molecular weight is 259 g/mol. The Bertz CT molecular complexity index is 467. The zero-order valence-electron chi connectivity index (χ0n) is 11.2. The Morgan fingerprint density at radius 1 is 1.26 bits per heavy atom. The molecule has 3 N–H and O–H groups in total. The second kappa shape index (κ2) is 5.15. The zero-order valence-corrected chi connectivity index (χ0v) is 11.2. The number of hydrogen-bond acceptors (Lipinski definition) is 4. The van der Waals surface area contributed by atoms with Gasteiger partial charge in [-0.3, -0.25) is 5.41 Å². The molecule has 1 saturated heterocycles. The van der Waals surface area contributed by atoms with Crippen LogP contribution < -0.4 is 10.6 Å². The summed E-state index contributed by atoms with van der Waals surface area (Å²) in [6.07, 6.45) is 9.42. The van der Waals surface area contributed by atoms with Gasteiger partial charge in [0, 0.05) is 12.6 Å². The number of aromatic nitrogens is 2. The van der Waals surface area contributed by atoms with Gasteiger partial charge >= 0.3 is 0 Å². The molecule has 0 radical (unpaired) electrons. The van der Waals surface area contributed by atoms with E-state index in [2.05, 4.69) is 15.1 Å². The molecule has 2 heterocycles. The first-order valence-corrected chi connectivity index (χ1v) is 7.20. The minimum Gasteiger partial charge on any atom is -0.384 e. The highest BCUT2D eigenvalue weighted by Gasteiger charge is 2.35. The van der Waals surface area contributed by atoms with Crippen LogP contribution in [0.15, 0.2) is 12.3 Å². The van der Waals surface area contributed by atoms with Gasteiger partial charge in [0.15, 0.2) is 5.82 Å². The van der Waals surface area contributed by atoms with Crippen LogP contribution in [0, 0.1) is 11.3 Å². The number of nitrogen functional groups attached to an aromatic ring is 1. The summed E-state index contributed by atoms with van der Waals surface area (Å²) in [5.74, 6) is 1.68. The minimum absolute atomic E-state index is 0.0852. The largest absolute Gasteiger partial charge is 0.384 e. The Morgan fingerprint density at radius 2 is 2.05 bits per heavy atom. The lowest BCUT2D eigenvalue weighted by atomic mass is 9.96. The van der Waals surface area contributed by atoms with Gasteiger partial charge < -0.3 is 10.6 Å². The lowest BCUT2D eigenvalue weighted by Gasteiger charge is -2.31. The minimum atomic E-state index is 0.0852. The molecule has 2 fully saturated rings. The van der Waals surface area contributed by atoms with Crippen molar-refractivity contribution in [2.45, 2.75) is 44.6 Å². The Balaban J connectivity index is 1.90. The third kappa shape index (κ3) is 2.29. The maximum atomic E-state index is 7.70. The van der Waals surface area contributed by atoms with Crippen molar-refractivity contribution < 1.29 is 0 Å². The maximum absolute atomic E-state index is 7.70. The van der Waals surface area contributed by atoms with Crippen LogP contribution in [0.3, 0.4) is 0 Å². The van der Waals surface area contributed by atoms with Crippen LogP contribution in [-0.4, -0.2) is 28.6 Å². The topological polar surface area (TPSA) is 78.9 Å². The van der Waals surface area contributed by atoms with E-state index >= 15 is 0 Å². The summed E-state index contributed by atoms with van der Waals surface area (Å²) in [5, 5.41) is 15.9. The molecule has 1 aliphatic heterocycles. The molecule has 1 atom stereocenters. The molecule has 1 aromatic rings. The van der Waals surface area contributed by atoms with Crippen molar-refractivity contribution in [2.75, 3.05) is 11.4 Å². The molecule has 19 heavy (non-hydrogen) atoms. The molecular weight excluding hydrogens is 238 g/mol. The number of nitrogens with one attached hydrogen (secondary N) is 1. The maximum Gasteiger partial charge on any atom is 0.162 e. The standard InChI is InChI=1S/C14H21N5/c15-13(16)11-7-8-17-18-14(11)19-9-3-6-12(19)10-4-1-2-5-10/h7-8,10,12H,1-6,9H2,(H3,15,16). The number of anilines is 1. The summed E-state index contributed by atoms with van der Waals surface area (Å²) in [6, 6.07) is 2.37. The fraction of sp³-hybridized carbons (Fsp3) is 0.643. The monoisotopic (exact) mass is 259 g/mol. The van der Waals surface area contributed by atoms with Crippen molar-refractivity contribution in [1.29, 1.82) is 5.41 Å². The molecule has 2 aliphatic rings. The van der Waals surface area contributed by atoms with E-state index in [-0.39, 0.29) is 5.84 Å². The molecule has 1 aliphatic carbocycles. The summed E-state index contributed by atoms with van der Waals surface area (Å²) in [6.45, 7) is 1.01. The van der Waals surface area contributed by atoms with E-state index in [4.69, 9.17) is 11.1 Å². The molecule has 1 aromatic heterocycles. The van der Waals surface area contributed by atoms with Crippen LogP contribution in [0.25, 0.3) is 0 Å². The normalized spacial score (nSPS) is 24.0. The van der Waals surface area contributed by atoms with Gasteiger partial charge in [0.25, 0.3) is 0 Å². The van der Waals surface area contributed by atoms with Crippen molar-refractivity contribution in [3.63, 3.8) is 0 Å². The molecule has 1 saturated carbocycles. The SMILES string of the molecule is N=C(N)c1ccnnc1N1CCCC1C1CCCC1. The summed E-state index contributed by atoms with van der Waals surface area (Å²) in [7, 11) is 0. The number of amidine groups is 1. The van der Waals surface area contributed by atoms with Crippen LogP contribution in [0.1, 0.15) is 44.1 Å². The van der Waals surface area contributed by atoms with E-state index in [0.717, 1.165) is 23.8 Å². The number of nitrogens with zero attached hydrogens (tertiary/aromatic N) is 3. The third-order valence-corrected chi connectivity index (χ3v) is 4.51. The molecule has 0 aromatic carbocycles. The van der Waals surface area contributed by atoms with Crippen LogP contribution in [0.4, 0.5) is 5.82 Å². The highest BCUT2D eigenvalue weighted by atomic mass is 15.3. The molecule has 3 rings (SSSR count). The van der Waals surface area contributed by atoms with Gasteiger partial charge in [-0.15, -0.1) is 5.10 Å². The number of hydrogen-bond donors (Lipinski definition) is 2. The van der Waals surface area contributed by atoms with Crippen molar-refractivity contribution in [3.8, 4) is 0 Å². The molecule has 1 unspecified atom stereocenters. The van der Waals surface area contributed by atoms with E-state index in [1.807, 2.05) is 0 Å². The first kappa shape index (κ1) is 12.4. The van der Waals surface area contributed by atoms with Gasteiger partial charge in [-0.1, -0.05) is 12.8 Å². The van der Waals surface area contributed by atoms with E-state index in [1.54, 1.807) is 12.3 Å². The van der Waals surface area contributed by atoms with Crippen molar-refractivity contribution in [2.24, 2.45) is 11.7 Å². The van der Waals surface area contributed by atoms with E-state index < -0.39 is 0 Å². The first-order chi connectivity index (χ1) is 9.27. The van der Waals surface area contributed by atoms with Crippen LogP contribution >= 0.6 is 0 Å². The van der Waals surface area contributed by atoms with E-state index in [9.17, 15) is 0 Å². The predicted molar refractivity (Wildman–Crippen MR) is 75.4 cm³/mol. The Labute approximate surface area is 113 Å². The zero-order chi connectivity index (χ0) is 13.2. The highest BCUT2D eigenvalue weighted by Crippen LogP contribution is 2.37. The molecule has 5 heteroatoms. The smallest absolute Gasteiger partial charge is 0.162 e. The summed E-state index contributed by atoms with van der Waals surface area (Å²) in [4.78, 5) is 2.35. The van der Waals surface area contributed by atoms with Crippen LogP contribution in [0.5, 0.6) is 0 Å². The molecular formula is C14H21N5. The summed E-state index contributed by atoms with van der Waals surface area (Å²) < 4.78 is 0. The second-order valence-corrected chi connectivity index (χ2v) is 5.63. The van der Waals surface area contributed by atoms with E-state index in [0.29, 0.717) is 6.04 Å². The number of rotatable bonds is 3. The Morgan fingerprint density at radius 3 is 2.79 bits per heavy atom. The van der Waals surface area contributed by atoms with Gasteiger partial charge in [-0.05, 0) is 37.7 Å². The third-order valence-electron chi connectivity index (χ3n) is 4.51. The van der Waals surface area contributed by atoms with Crippen molar-refractivity contribution in [1.82, 2.24) is 10.2 Å². The van der Waals surface area contributed by atoms with Gasteiger partial charge in [0.05, 0.1) is 11.8 Å². The lowest BCUT2D eigenvalue weighted by Crippen LogP contribution is -2.36. The van der Waals surface area contributed by atoms with Crippen molar-refractivity contribution in [3.05, 3.63) is 17.8 Å². The van der Waals surface area contributed by atoms with E-state index in [1.165, 1.54) is 38.5 Å². The highest BCUT2D eigenvalue weighted by molar-refractivity contribution is 5.99. The molecule has 5 nitrogen and oxygen atoms in total. The fourth-order valence-corrected chi connectivity index (χ4v) is 3.63. The first-order valence-electron chi connectivity index (χ1n) is 7.20. The van der Waals surface area contributed by atoms with Crippen LogP contribution in [0.2, 0.25) is 0 Å². The molecule has 0 amide bonds. The number of nitrogens with two attached hydrogens (primary N) is 1. The molecule has 0 spiro atoms. The predicted octanol–water partition coefficient (Wildman–Crippen LogP) is 1.92. The quantitative estimate of drug-likeness (QED) is 0.642. The molecule has 0 bridgehead atoms. The second-order valence-electron chi connectivity index (χ2n) is 5.63. The summed E-state index contributed by atoms with van der Waals surface area (Å²) in [5.41, 5.74) is 6.39. The molecule has 102 valence electrons. The van der Waals surface area contributed by atoms with Gasteiger partial charge in [-0.25, -0.2) is 0 Å². The Hall–Kier alpha value is -1.65. The van der Waals surface area contributed by atoms with Crippen molar-refractivity contribution >= 4 is 11.7 Å². The lowest BCUT2D eigenvalue weighted by molar-refractivity contribution is 0.428. The van der Waals surface area contributed by atoms with Gasteiger partial charge in [-0.2, -0.15) is 5.10 Å². The van der Waals surface area contributed by atoms with Gasteiger partial charge in [0.2, 0.25) is 0 Å². The fourth-order valence-electron chi connectivity index (χ4n) is 3.63. The average Bonchev–Trinajstić information content (AvgIpc) is 3.09.